The first-order valence-corrected chi connectivity index (χ1v) is 11.6. The second-order valence-corrected chi connectivity index (χ2v) is 9.68. The highest BCUT2D eigenvalue weighted by Crippen LogP contribution is 2.26. The second kappa shape index (κ2) is 9.16. The Labute approximate surface area is 188 Å². The number of aromatic nitrogens is 4. The molecule has 2 heterocycles. The molecule has 4 aromatic rings. The first-order valence-electron chi connectivity index (χ1n) is 9.32. The number of hydrogen-bond acceptors (Lipinski definition) is 8. The molecule has 0 aliphatic heterocycles. The molecule has 1 amide bonds. The highest BCUT2D eigenvalue weighted by Gasteiger charge is 2.22. The second-order valence-electron chi connectivity index (χ2n) is 6.54. The van der Waals surface area contributed by atoms with Gasteiger partial charge in [0.25, 0.3) is 15.9 Å². The number of hydrogen-bond donors (Lipinski definition) is 1. The maximum Gasteiger partial charge on any atom is 0.273 e. The molecule has 2 aromatic heterocycles. The van der Waals surface area contributed by atoms with E-state index in [9.17, 15) is 13.2 Å². The summed E-state index contributed by atoms with van der Waals surface area (Å²) in [5, 5.41) is 15.4. The molecule has 1 N–H and O–H groups in total. The van der Waals surface area contributed by atoms with Crippen molar-refractivity contribution in [3.8, 4) is 11.4 Å². The van der Waals surface area contributed by atoms with Crippen LogP contribution in [0.4, 0.5) is 11.4 Å². The average Bonchev–Trinajstić information content (AvgIpc) is 3.53. The van der Waals surface area contributed by atoms with Gasteiger partial charge in [-0.05, 0) is 70.4 Å². The van der Waals surface area contributed by atoms with Crippen LogP contribution in [0.15, 0.2) is 76.6 Å². The van der Waals surface area contributed by atoms with Crippen LogP contribution in [0, 0.1) is 0 Å². The Hall–Kier alpha value is -3.77. The Morgan fingerprint density at radius 2 is 1.88 bits per heavy atom. The molecule has 32 heavy (non-hydrogen) atoms. The Morgan fingerprint density at radius 1 is 1.12 bits per heavy atom. The number of amides is 1. The summed E-state index contributed by atoms with van der Waals surface area (Å²) >= 11 is 1.16. The van der Waals surface area contributed by atoms with Crippen molar-refractivity contribution in [3.63, 3.8) is 0 Å². The van der Waals surface area contributed by atoms with Crippen LogP contribution in [0.3, 0.4) is 0 Å². The largest absolute Gasteiger partial charge is 0.484 e. The number of ether oxygens (including phenoxy) is 1. The molecular formula is C20H18N6O4S2. The minimum Gasteiger partial charge on any atom is -0.484 e. The van der Waals surface area contributed by atoms with Crippen molar-refractivity contribution >= 4 is 38.6 Å². The lowest BCUT2D eigenvalue weighted by Crippen LogP contribution is -2.25. The maximum absolute atomic E-state index is 12.6. The van der Waals surface area contributed by atoms with Crippen LogP contribution in [0.2, 0.25) is 0 Å². The highest BCUT2D eigenvalue weighted by molar-refractivity contribution is 7.94. The molecular weight excluding hydrogens is 452 g/mol. The summed E-state index contributed by atoms with van der Waals surface area (Å²) in [6.45, 7) is -0.197. The normalized spacial score (nSPS) is 11.2. The lowest BCUT2D eigenvalue weighted by Gasteiger charge is -2.18. The lowest BCUT2D eigenvalue weighted by atomic mass is 10.3. The van der Waals surface area contributed by atoms with Crippen LogP contribution in [0.5, 0.6) is 5.75 Å². The molecule has 4 rings (SSSR count). The van der Waals surface area contributed by atoms with E-state index in [4.69, 9.17) is 4.74 Å². The van der Waals surface area contributed by atoms with Crippen LogP contribution >= 0.6 is 11.3 Å². The quantitative estimate of drug-likeness (QED) is 0.420. The molecule has 0 unspecified atom stereocenters. The lowest BCUT2D eigenvalue weighted by molar-refractivity contribution is -0.118. The molecule has 0 saturated heterocycles. The molecule has 0 saturated carbocycles. The van der Waals surface area contributed by atoms with Crippen molar-refractivity contribution in [3.05, 3.63) is 72.4 Å². The van der Waals surface area contributed by atoms with E-state index < -0.39 is 10.0 Å². The van der Waals surface area contributed by atoms with Crippen molar-refractivity contribution in [1.82, 2.24) is 20.2 Å². The number of tetrazole rings is 1. The monoisotopic (exact) mass is 470 g/mol. The molecule has 0 fully saturated rings. The third kappa shape index (κ3) is 4.76. The number of nitrogens with one attached hydrogen (secondary N) is 1. The van der Waals surface area contributed by atoms with E-state index in [-0.39, 0.29) is 16.7 Å². The molecule has 0 spiro atoms. The molecule has 0 atom stereocenters. The number of carbonyl (C=O) groups is 1. The van der Waals surface area contributed by atoms with Gasteiger partial charge in [0.05, 0.1) is 11.4 Å². The number of thiophene rings is 1. The standard InChI is InChI=1S/C20H18N6O4S2/c1-25(32(28,29)20-3-2-12-31-20)16-8-10-18(11-9-16)30-13-19(27)22-15-4-6-17(7-5-15)26-14-21-23-24-26/h2-12,14H,13H2,1H3,(H,22,27). The first kappa shape index (κ1) is 21.5. The Morgan fingerprint density at radius 3 is 2.50 bits per heavy atom. The summed E-state index contributed by atoms with van der Waals surface area (Å²) in [5.74, 6) is 0.112. The zero-order valence-corrected chi connectivity index (χ0v) is 18.5. The van der Waals surface area contributed by atoms with Crippen molar-refractivity contribution in [1.29, 1.82) is 0 Å². The van der Waals surface area contributed by atoms with Crippen LogP contribution in [-0.2, 0) is 14.8 Å². The molecule has 2 aromatic carbocycles. The highest BCUT2D eigenvalue weighted by atomic mass is 32.2. The summed E-state index contributed by atoms with van der Waals surface area (Å²) in [6, 6.07) is 16.7. The number of rotatable bonds is 8. The summed E-state index contributed by atoms with van der Waals surface area (Å²) in [7, 11) is -2.12. The topological polar surface area (TPSA) is 119 Å². The summed E-state index contributed by atoms with van der Waals surface area (Å²) in [6.07, 6.45) is 1.47. The van der Waals surface area contributed by atoms with Gasteiger partial charge in [0.2, 0.25) is 0 Å². The van der Waals surface area contributed by atoms with E-state index in [1.54, 1.807) is 66.0 Å². The van der Waals surface area contributed by atoms with Gasteiger partial charge in [-0.2, -0.15) is 0 Å². The minimum atomic E-state index is -3.60. The van der Waals surface area contributed by atoms with Crippen LogP contribution in [0.1, 0.15) is 0 Å². The Bertz CT molecular complexity index is 1270. The van der Waals surface area contributed by atoms with Gasteiger partial charge in [-0.3, -0.25) is 9.10 Å². The fourth-order valence-corrected chi connectivity index (χ4v) is 5.12. The number of benzene rings is 2. The van der Waals surface area contributed by atoms with Gasteiger partial charge >= 0.3 is 0 Å². The SMILES string of the molecule is CN(c1ccc(OCC(=O)Nc2ccc(-n3cnnn3)cc2)cc1)S(=O)(=O)c1cccs1. The average molecular weight is 471 g/mol. The van der Waals surface area contributed by atoms with Crippen LogP contribution in [0.25, 0.3) is 5.69 Å². The zero-order valence-electron chi connectivity index (χ0n) is 16.8. The van der Waals surface area contributed by atoms with E-state index in [1.165, 1.54) is 22.4 Å². The molecule has 0 aliphatic rings. The first-order chi connectivity index (χ1) is 15.4. The zero-order chi connectivity index (χ0) is 22.6. The van der Waals surface area contributed by atoms with Gasteiger partial charge in [0, 0.05) is 12.7 Å². The smallest absolute Gasteiger partial charge is 0.273 e. The number of carbonyl (C=O) groups excluding carboxylic acids is 1. The van der Waals surface area contributed by atoms with Crippen molar-refractivity contribution in [2.45, 2.75) is 4.21 Å². The maximum atomic E-state index is 12.6. The predicted molar refractivity (Wildman–Crippen MR) is 120 cm³/mol. The molecule has 0 bridgehead atoms. The summed E-state index contributed by atoms with van der Waals surface area (Å²) in [4.78, 5) is 12.2. The van der Waals surface area contributed by atoms with Gasteiger partial charge in [-0.15, -0.1) is 16.4 Å². The van der Waals surface area contributed by atoms with Crippen molar-refractivity contribution < 1.29 is 17.9 Å². The van der Waals surface area contributed by atoms with E-state index in [0.717, 1.165) is 17.0 Å². The minimum absolute atomic E-state index is 0.197. The van der Waals surface area contributed by atoms with Crippen molar-refractivity contribution in [2.75, 3.05) is 23.3 Å². The van der Waals surface area contributed by atoms with E-state index in [2.05, 4.69) is 20.8 Å². The molecule has 10 nitrogen and oxygen atoms in total. The molecule has 12 heteroatoms. The van der Waals surface area contributed by atoms with Gasteiger partial charge in [0.1, 0.15) is 16.3 Å². The van der Waals surface area contributed by atoms with E-state index >= 15 is 0 Å². The van der Waals surface area contributed by atoms with E-state index in [1.807, 2.05) is 0 Å². The van der Waals surface area contributed by atoms with Gasteiger partial charge in [-0.25, -0.2) is 13.1 Å². The fourth-order valence-electron chi connectivity index (χ4n) is 2.76. The third-order valence-corrected chi connectivity index (χ3v) is 7.60. The summed E-state index contributed by atoms with van der Waals surface area (Å²) < 4.78 is 33.7. The Kier molecular flexibility index (Phi) is 6.14. The van der Waals surface area contributed by atoms with Crippen LogP contribution in [-0.4, -0.2) is 48.2 Å². The number of sulfonamides is 1. The van der Waals surface area contributed by atoms with Crippen molar-refractivity contribution in [2.24, 2.45) is 0 Å². The predicted octanol–water partition coefficient (Wildman–Crippen LogP) is 2.57. The van der Waals surface area contributed by atoms with Gasteiger partial charge in [0.15, 0.2) is 6.61 Å². The Balaban J connectivity index is 1.31. The van der Waals surface area contributed by atoms with Gasteiger partial charge in [-0.1, -0.05) is 6.07 Å². The molecule has 0 aliphatic carbocycles. The molecule has 0 radical (unpaired) electrons. The van der Waals surface area contributed by atoms with Gasteiger partial charge < -0.3 is 10.1 Å². The fraction of sp³-hybridized carbons (Fsp3) is 0.100. The third-order valence-electron chi connectivity index (χ3n) is 4.44. The summed E-state index contributed by atoms with van der Waals surface area (Å²) in [5.41, 5.74) is 1.85. The molecule has 164 valence electrons. The number of anilines is 2. The van der Waals surface area contributed by atoms with E-state index in [0.29, 0.717) is 17.1 Å². The number of nitrogens with zero attached hydrogens (tertiary/aromatic N) is 5. The van der Waals surface area contributed by atoms with Crippen LogP contribution < -0.4 is 14.4 Å².